The summed E-state index contributed by atoms with van der Waals surface area (Å²) >= 11 is 0. The summed E-state index contributed by atoms with van der Waals surface area (Å²) in [6.07, 6.45) is 1.75. The molecule has 0 saturated carbocycles. The van der Waals surface area contributed by atoms with Gasteiger partial charge in [0.05, 0.1) is 18.1 Å². The van der Waals surface area contributed by atoms with Gasteiger partial charge in [-0.15, -0.1) is 0 Å². The van der Waals surface area contributed by atoms with Gasteiger partial charge in [0.25, 0.3) is 0 Å². The fourth-order valence-corrected chi connectivity index (χ4v) is 3.51. The maximum atomic E-state index is 11.4. The van der Waals surface area contributed by atoms with E-state index in [9.17, 15) is 8.42 Å². The first kappa shape index (κ1) is 13.9. The minimum Gasteiger partial charge on any atom is -0.380 e. The molecule has 4 nitrogen and oxygen atoms in total. The summed E-state index contributed by atoms with van der Waals surface area (Å²) in [5.74, 6) is 1.20. The fourth-order valence-electron chi connectivity index (χ4n) is 1.84. The number of nitrogens with one attached hydrogen (secondary N) is 1. The number of hydrogen-bond acceptors (Lipinski definition) is 4. The predicted molar refractivity (Wildman–Crippen MR) is 65.3 cm³/mol. The monoisotopic (exact) mass is 249 g/mol. The highest BCUT2D eigenvalue weighted by Crippen LogP contribution is 2.11. The van der Waals surface area contributed by atoms with Crippen LogP contribution in [0.5, 0.6) is 0 Å². The minimum atomic E-state index is -2.79. The van der Waals surface area contributed by atoms with Crippen molar-refractivity contribution in [1.29, 1.82) is 0 Å². The summed E-state index contributed by atoms with van der Waals surface area (Å²) in [4.78, 5) is 0. The van der Waals surface area contributed by atoms with Crippen LogP contribution in [0.1, 0.15) is 26.7 Å². The Kier molecular flexibility index (Phi) is 5.72. The summed E-state index contributed by atoms with van der Waals surface area (Å²) in [6.45, 7) is 6.40. The Morgan fingerprint density at radius 2 is 2.19 bits per heavy atom. The van der Waals surface area contributed by atoms with Crippen LogP contribution in [0.15, 0.2) is 0 Å². The number of rotatable bonds is 6. The van der Waals surface area contributed by atoms with Crippen LogP contribution in [0.2, 0.25) is 0 Å². The Bertz CT molecular complexity index is 288. The largest absolute Gasteiger partial charge is 0.380 e. The van der Waals surface area contributed by atoms with Gasteiger partial charge in [-0.2, -0.15) is 0 Å². The zero-order chi connectivity index (χ0) is 12.0. The van der Waals surface area contributed by atoms with E-state index < -0.39 is 9.84 Å². The number of hydrogen-bond donors (Lipinski definition) is 1. The standard InChI is InChI=1S/C11H23NO3S/c1-10(2)8-15-6-5-12-11-4-3-7-16(13,14)9-11/h10-12H,3-9H2,1-2H3. The first-order valence-electron chi connectivity index (χ1n) is 6.01. The molecule has 5 heteroatoms. The van der Waals surface area contributed by atoms with E-state index in [-0.39, 0.29) is 11.8 Å². The van der Waals surface area contributed by atoms with Crippen molar-refractivity contribution in [3.63, 3.8) is 0 Å². The topological polar surface area (TPSA) is 55.4 Å². The van der Waals surface area contributed by atoms with E-state index >= 15 is 0 Å². The van der Waals surface area contributed by atoms with Crippen molar-refractivity contribution < 1.29 is 13.2 Å². The molecule has 0 radical (unpaired) electrons. The molecule has 1 saturated heterocycles. The highest BCUT2D eigenvalue weighted by Gasteiger charge is 2.23. The van der Waals surface area contributed by atoms with Crippen LogP contribution in [-0.2, 0) is 14.6 Å². The minimum absolute atomic E-state index is 0.126. The molecule has 0 bridgehead atoms. The lowest BCUT2D eigenvalue weighted by molar-refractivity contribution is 0.110. The molecule has 1 rings (SSSR count). The molecule has 1 heterocycles. The molecule has 0 aromatic carbocycles. The molecule has 1 unspecified atom stereocenters. The second-order valence-corrected chi connectivity index (χ2v) is 7.11. The van der Waals surface area contributed by atoms with Crippen molar-refractivity contribution in [3.8, 4) is 0 Å². The first-order valence-corrected chi connectivity index (χ1v) is 7.83. The van der Waals surface area contributed by atoms with Crippen molar-refractivity contribution >= 4 is 9.84 Å². The maximum Gasteiger partial charge on any atom is 0.151 e. The van der Waals surface area contributed by atoms with Gasteiger partial charge in [0.15, 0.2) is 9.84 Å². The average Bonchev–Trinajstić information content (AvgIpc) is 2.15. The molecule has 1 fully saturated rings. The highest BCUT2D eigenvalue weighted by atomic mass is 32.2. The number of sulfone groups is 1. The van der Waals surface area contributed by atoms with Gasteiger partial charge >= 0.3 is 0 Å². The van der Waals surface area contributed by atoms with Gasteiger partial charge in [0, 0.05) is 19.2 Å². The third-order valence-corrected chi connectivity index (χ3v) is 4.41. The Balaban J connectivity index is 2.09. The Labute approximate surface area is 98.7 Å². The van der Waals surface area contributed by atoms with E-state index in [1.54, 1.807) is 0 Å². The van der Waals surface area contributed by atoms with Crippen LogP contribution in [0.3, 0.4) is 0 Å². The molecule has 16 heavy (non-hydrogen) atoms. The molecule has 0 amide bonds. The van der Waals surface area contributed by atoms with Gasteiger partial charge < -0.3 is 10.1 Å². The van der Waals surface area contributed by atoms with E-state index in [0.29, 0.717) is 18.3 Å². The quantitative estimate of drug-likeness (QED) is 0.708. The van der Waals surface area contributed by atoms with E-state index in [0.717, 1.165) is 26.0 Å². The zero-order valence-electron chi connectivity index (χ0n) is 10.2. The molecule has 0 spiro atoms. The molecular weight excluding hydrogens is 226 g/mol. The normalized spacial score (nSPS) is 24.8. The third kappa shape index (κ3) is 5.82. The van der Waals surface area contributed by atoms with Crippen molar-refractivity contribution in [2.45, 2.75) is 32.7 Å². The molecule has 1 atom stereocenters. The molecule has 0 aliphatic carbocycles. The van der Waals surface area contributed by atoms with E-state index in [1.807, 2.05) is 0 Å². The molecule has 0 aromatic rings. The van der Waals surface area contributed by atoms with Crippen molar-refractivity contribution in [2.24, 2.45) is 5.92 Å². The molecule has 96 valence electrons. The van der Waals surface area contributed by atoms with Crippen molar-refractivity contribution in [1.82, 2.24) is 5.32 Å². The molecule has 0 aromatic heterocycles. The van der Waals surface area contributed by atoms with Crippen LogP contribution in [0, 0.1) is 5.92 Å². The van der Waals surface area contributed by atoms with Gasteiger partial charge in [-0.1, -0.05) is 13.8 Å². The first-order chi connectivity index (χ1) is 7.49. The Morgan fingerprint density at radius 1 is 1.44 bits per heavy atom. The van der Waals surface area contributed by atoms with Crippen molar-refractivity contribution in [3.05, 3.63) is 0 Å². The zero-order valence-corrected chi connectivity index (χ0v) is 11.1. The summed E-state index contributed by atoms with van der Waals surface area (Å²) < 4.78 is 28.2. The van der Waals surface area contributed by atoms with Gasteiger partial charge in [-0.05, 0) is 18.8 Å². The summed E-state index contributed by atoms with van der Waals surface area (Å²) in [6, 6.07) is 0.126. The lowest BCUT2D eigenvalue weighted by Gasteiger charge is -2.23. The lowest BCUT2D eigenvalue weighted by atomic mass is 10.2. The second-order valence-electron chi connectivity index (χ2n) is 4.88. The van der Waals surface area contributed by atoms with E-state index in [1.165, 1.54) is 0 Å². The van der Waals surface area contributed by atoms with Crippen molar-refractivity contribution in [2.75, 3.05) is 31.3 Å². The van der Waals surface area contributed by atoms with Crippen LogP contribution < -0.4 is 5.32 Å². The molecule has 1 aliphatic heterocycles. The Hall–Kier alpha value is -0.130. The van der Waals surface area contributed by atoms with E-state index in [4.69, 9.17) is 4.74 Å². The smallest absolute Gasteiger partial charge is 0.151 e. The highest BCUT2D eigenvalue weighted by molar-refractivity contribution is 7.91. The second kappa shape index (κ2) is 6.57. The van der Waals surface area contributed by atoms with Crippen LogP contribution in [-0.4, -0.2) is 45.7 Å². The van der Waals surface area contributed by atoms with Gasteiger partial charge in [0.1, 0.15) is 0 Å². The summed E-state index contributed by atoms with van der Waals surface area (Å²) in [5.41, 5.74) is 0. The van der Waals surface area contributed by atoms with Crippen LogP contribution in [0.4, 0.5) is 0 Å². The maximum absolute atomic E-state index is 11.4. The van der Waals surface area contributed by atoms with Crippen LogP contribution in [0.25, 0.3) is 0 Å². The fraction of sp³-hybridized carbons (Fsp3) is 1.00. The van der Waals surface area contributed by atoms with Gasteiger partial charge in [-0.3, -0.25) is 0 Å². The SMILES string of the molecule is CC(C)COCCNC1CCCS(=O)(=O)C1. The summed E-state index contributed by atoms with van der Waals surface area (Å²) in [5, 5.41) is 3.25. The lowest BCUT2D eigenvalue weighted by Crippen LogP contribution is -2.41. The molecule has 1 aliphatic rings. The predicted octanol–water partition coefficient (Wildman–Crippen LogP) is 0.826. The number of ether oxygens (including phenoxy) is 1. The summed E-state index contributed by atoms with van der Waals surface area (Å²) in [7, 11) is -2.79. The average molecular weight is 249 g/mol. The van der Waals surface area contributed by atoms with E-state index in [2.05, 4.69) is 19.2 Å². The third-order valence-electron chi connectivity index (χ3n) is 2.59. The van der Waals surface area contributed by atoms with Crippen LogP contribution >= 0.6 is 0 Å². The van der Waals surface area contributed by atoms with Gasteiger partial charge in [0.2, 0.25) is 0 Å². The Morgan fingerprint density at radius 3 is 2.81 bits per heavy atom. The van der Waals surface area contributed by atoms with Gasteiger partial charge in [-0.25, -0.2) is 8.42 Å². The molecular formula is C11H23NO3S. The molecule has 1 N–H and O–H groups in total.